The van der Waals surface area contributed by atoms with E-state index in [4.69, 9.17) is 0 Å². The predicted octanol–water partition coefficient (Wildman–Crippen LogP) is 0.682. The van der Waals surface area contributed by atoms with Crippen molar-refractivity contribution in [1.82, 2.24) is 36.5 Å². The van der Waals surface area contributed by atoms with Gasteiger partial charge in [0.15, 0.2) is 0 Å². The van der Waals surface area contributed by atoms with Crippen molar-refractivity contribution in [1.29, 1.82) is 0 Å². The van der Waals surface area contributed by atoms with Gasteiger partial charge in [-0.15, -0.1) is 0 Å². The standard InChI is InChI=1S/C37H55N7O7Si/c1-8-21(6)52-36(51)41-29(19(2)3)32(47)38-18-24-27-28(24)37(27,42-33(48)30(20(4)5)39-22(7)45)35(50)40-25(17-23-13-10-9-11-14-23)34(49)44-16-12-15-26(44)31(46)43-52/h9-11,13-14,19-21,24-30,52H,8,12,15-18H2,1-7H3,(H,38,47)(H,39,45)(H,40,50)(H,41,51)(H,42,48)(H,43,46). The largest absolute Gasteiger partial charge is 0.374 e. The van der Waals surface area contributed by atoms with Crippen LogP contribution in [0.5, 0.6) is 0 Å². The van der Waals surface area contributed by atoms with Crippen LogP contribution in [0.15, 0.2) is 30.3 Å². The maximum Gasteiger partial charge on any atom is 0.247 e. The third-order valence-corrected chi connectivity index (χ3v) is 14.3. The van der Waals surface area contributed by atoms with Crippen LogP contribution in [0.4, 0.5) is 4.79 Å². The summed E-state index contributed by atoms with van der Waals surface area (Å²) in [6, 6.07) is 5.62. The lowest BCUT2D eigenvalue weighted by Crippen LogP contribution is -2.64. The number of carbonyl (C=O) groups excluding carboxylic acids is 7. The molecule has 0 radical (unpaired) electrons. The highest BCUT2D eigenvalue weighted by Crippen LogP contribution is 2.75. The highest BCUT2D eigenvalue weighted by molar-refractivity contribution is 6.90. The van der Waals surface area contributed by atoms with E-state index < -0.39 is 62.3 Å². The number of nitrogens with zero attached hydrogens (tertiary/aromatic N) is 1. The molecule has 14 nitrogen and oxygen atoms in total. The van der Waals surface area contributed by atoms with Crippen LogP contribution in [0.25, 0.3) is 0 Å². The summed E-state index contributed by atoms with van der Waals surface area (Å²) in [5.74, 6) is -3.88. The van der Waals surface area contributed by atoms with Gasteiger partial charge in [-0.1, -0.05) is 78.3 Å². The van der Waals surface area contributed by atoms with Gasteiger partial charge in [0.1, 0.15) is 29.7 Å². The van der Waals surface area contributed by atoms with Crippen LogP contribution < -0.4 is 31.6 Å². The Kier molecular flexibility index (Phi) is 11.8. The molecule has 3 heterocycles. The molecule has 6 rings (SSSR count). The molecule has 2 aliphatic carbocycles. The Balaban J connectivity index is 1.50. The molecule has 5 fully saturated rings. The van der Waals surface area contributed by atoms with Gasteiger partial charge in [-0.2, -0.15) is 0 Å². The molecule has 1 aromatic rings. The van der Waals surface area contributed by atoms with Crippen molar-refractivity contribution in [3.8, 4) is 0 Å². The van der Waals surface area contributed by atoms with E-state index in [9.17, 15) is 33.6 Å². The van der Waals surface area contributed by atoms with E-state index in [1.54, 1.807) is 13.8 Å². The number of hydrogen-bond donors (Lipinski definition) is 6. The zero-order chi connectivity index (χ0) is 38.1. The first-order valence-corrected chi connectivity index (χ1v) is 20.6. The minimum Gasteiger partial charge on any atom is -0.374 e. The molecule has 3 aliphatic heterocycles. The van der Waals surface area contributed by atoms with Gasteiger partial charge >= 0.3 is 0 Å². The molecule has 7 amide bonds. The summed E-state index contributed by atoms with van der Waals surface area (Å²) in [6.45, 7) is 13.0. The van der Waals surface area contributed by atoms with Gasteiger partial charge in [0.25, 0.3) is 0 Å². The van der Waals surface area contributed by atoms with Gasteiger partial charge in [0.05, 0.1) is 0 Å². The molecule has 5 aliphatic rings. The number of benzene rings is 1. The number of amides is 7. The first kappa shape index (κ1) is 38.9. The molecule has 0 spiro atoms. The maximum absolute atomic E-state index is 14.5. The summed E-state index contributed by atoms with van der Waals surface area (Å²) in [4.78, 5) is 100. The Morgan fingerprint density at radius 3 is 2.25 bits per heavy atom. The molecular formula is C37H55N7O7Si. The summed E-state index contributed by atoms with van der Waals surface area (Å²) in [5, 5.41) is 14.5. The van der Waals surface area contributed by atoms with Crippen LogP contribution >= 0.6 is 0 Å². The summed E-state index contributed by atoms with van der Waals surface area (Å²) in [7, 11) is -2.71. The van der Waals surface area contributed by atoms with Crippen LogP contribution in [0, 0.1) is 29.6 Å². The topological polar surface area (TPSA) is 195 Å². The van der Waals surface area contributed by atoms with E-state index in [0.717, 1.165) is 5.56 Å². The van der Waals surface area contributed by atoms with Gasteiger partial charge in [-0.05, 0) is 41.7 Å². The van der Waals surface area contributed by atoms with Crippen molar-refractivity contribution in [2.24, 2.45) is 29.6 Å². The average Bonchev–Trinajstić information content (AvgIpc) is 3.93. The van der Waals surface area contributed by atoms with Gasteiger partial charge < -0.3 is 36.5 Å². The Morgan fingerprint density at radius 1 is 0.981 bits per heavy atom. The minimum atomic E-state index is -2.71. The minimum absolute atomic E-state index is 0.121. The molecule has 8 unspecified atom stereocenters. The Bertz CT molecular complexity index is 1560. The Morgan fingerprint density at radius 2 is 1.65 bits per heavy atom. The fourth-order valence-corrected chi connectivity index (χ4v) is 10.3. The number of carbonyl (C=O) groups is 7. The molecule has 6 N–H and O–H groups in total. The van der Waals surface area contributed by atoms with Crippen LogP contribution in [0.2, 0.25) is 5.54 Å². The fraction of sp³-hybridized carbons (Fsp3) is 0.649. The number of hydrogen-bond acceptors (Lipinski definition) is 7. The van der Waals surface area contributed by atoms with Gasteiger partial charge in [-0.3, -0.25) is 33.6 Å². The second kappa shape index (κ2) is 15.8. The zero-order valence-corrected chi connectivity index (χ0v) is 32.4. The summed E-state index contributed by atoms with van der Waals surface area (Å²) < 4.78 is 0. The molecule has 8 atom stereocenters. The van der Waals surface area contributed by atoms with E-state index in [1.807, 2.05) is 58.0 Å². The molecule has 1 aromatic carbocycles. The lowest BCUT2D eigenvalue weighted by Gasteiger charge is -2.34. The van der Waals surface area contributed by atoms with Gasteiger partial charge in [0.2, 0.25) is 49.9 Å². The lowest BCUT2D eigenvalue weighted by atomic mass is 9.93. The average molecular weight is 738 g/mol. The molecule has 2 saturated carbocycles. The molecular weight excluding hydrogens is 683 g/mol. The smallest absolute Gasteiger partial charge is 0.247 e. The second-order valence-electron chi connectivity index (χ2n) is 15.7. The van der Waals surface area contributed by atoms with E-state index >= 15 is 0 Å². The molecule has 2 bridgehead atoms. The number of rotatable bonds is 9. The Hall–Kier alpha value is -4.27. The van der Waals surface area contributed by atoms with Crippen LogP contribution in [-0.4, -0.2) is 97.6 Å². The number of nitrogens with one attached hydrogen (secondary N) is 6. The number of fused-ring (bicyclic) bond motifs is 11. The quantitative estimate of drug-likeness (QED) is 0.201. The first-order valence-electron chi connectivity index (χ1n) is 18.7. The van der Waals surface area contributed by atoms with Crippen LogP contribution in [0.1, 0.15) is 73.3 Å². The first-order chi connectivity index (χ1) is 24.6. The van der Waals surface area contributed by atoms with Crippen molar-refractivity contribution in [2.75, 3.05) is 13.1 Å². The zero-order valence-electron chi connectivity index (χ0n) is 31.3. The molecule has 284 valence electrons. The van der Waals surface area contributed by atoms with Gasteiger partial charge in [0, 0.05) is 38.3 Å². The summed E-state index contributed by atoms with van der Waals surface area (Å²) in [5.41, 5.74) is -1.00. The SMILES string of the molecule is CCC(C)[SiH]1NC(=O)C2CCCN2C(=O)C(Cc2ccccc2)NC(=O)C2(NC(=O)C(NC(C)=O)C(C)C)C3C(CNC(=O)C(C(C)C)NC1=O)C32. The molecule has 52 heavy (non-hydrogen) atoms. The van der Waals surface area contributed by atoms with Crippen molar-refractivity contribution < 1.29 is 33.6 Å². The highest BCUT2D eigenvalue weighted by atomic mass is 28.3. The molecule has 3 saturated heterocycles. The van der Waals surface area contributed by atoms with E-state index in [0.29, 0.717) is 25.8 Å². The van der Waals surface area contributed by atoms with Crippen molar-refractivity contribution in [2.45, 2.75) is 109 Å². The third kappa shape index (κ3) is 7.88. The normalized spacial score (nSPS) is 31.8. The van der Waals surface area contributed by atoms with Crippen LogP contribution in [0.3, 0.4) is 0 Å². The summed E-state index contributed by atoms with van der Waals surface area (Å²) >= 11 is 0. The van der Waals surface area contributed by atoms with E-state index in [1.165, 1.54) is 11.8 Å². The third-order valence-electron chi connectivity index (χ3n) is 11.4. The Labute approximate surface area is 307 Å². The van der Waals surface area contributed by atoms with Crippen molar-refractivity contribution >= 4 is 49.9 Å². The van der Waals surface area contributed by atoms with Crippen molar-refractivity contribution in [3.63, 3.8) is 0 Å². The second-order valence-corrected chi connectivity index (χ2v) is 18.7. The van der Waals surface area contributed by atoms with Crippen LogP contribution in [-0.2, 0) is 35.2 Å². The lowest BCUT2D eigenvalue weighted by molar-refractivity contribution is -0.142. The fourth-order valence-electron chi connectivity index (χ4n) is 8.08. The van der Waals surface area contributed by atoms with Crippen molar-refractivity contribution in [3.05, 3.63) is 35.9 Å². The predicted molar refractivity (Wildman–Crippen MR) is 196 cm³/mol. The molecule has 0 aromatic heterocycles. The van der Waals surface area contributed by atoms with Gasteiger partial charge in [-0.25, -0.2) is 0 Å². The summed E-state index contributed by atoms with van der Waals surface area (Å²) in [6.07, 6.45) is 1.76. The maximum atomic E-state index is 14.5. The van der Waals surface area contributed by atoms with E-state index in [2.05, 4.69) is 31.6 Å². The molecule has 15 heteroatoms. The van der Waals surface area contributed by atoms with E-state index in [-0.39, 0.29) is 65.4 Å². The highest BCUT2D eigenvalue weighted by Gasteiger charge is 2.87. The monoisotopic (exact) mass is 737 g/mol.